The van der Waals surface area contributed by atoms with Crippen molar-refractivity contribution in [2.24, 2.45) is 0 Å². The number of nitrogens with one attached hydrogen (secondary N) is 1. The summed E-state index contributed by atoms with van der Waals surface area (Å²) < 4.78 is 10.9. The first kappa shape index (κ1) is 13.5. The average molecular weight is 273 g/mol. The number of fused-ring (bicyclic) bond motifs is 1. The second-order valence-corrected chi connectivity index (χ2v) is 5.22. The van der Waals surface area contributed by atoms with E-state index in [9.17, 15) is 0 Å². The number of nitrogens with zero attached hydrogens (tertiary/aromatic N) is 1. The zero-order chi connectivity index (χ0) is 13.8. The lowest BCUT2D eigenvalue weighted by molar-refractivity contribution is 0.145. The maximum Gasteiger partial charge on any atom is 0.126 e. The van der Waals surface area contributed by atoms with Gasteiger partial charge in [0.05, 0.1) is 12.1 Å². The van der Waals surface area contributed by atoms with Gasteiger partial charge in [0.15, 0.2) is 0 Å². The molecule has 0 amide bonds. The van der Waals surface area contributed by atoms with Crippen LogP contribution in [0.3, 0.4) is 0 Å². The summed E-state index contributed by atoms with van der Waals surface area (Å²) in [6, 6.07) is 7.33. The van der Waals surface area contributed by atoms with Crippen LogP contribution in [0.25, 0.3) is 10.9 Å². The van der Waals surface area contributed by atoms with E-state index in [4.69, 9.17) is 9.47 Å². The molecule has 1 aromatic carbocycles. The zero-order valence-electron chi connectivity index (χ0n) is 11.9. The third kappa shape index (κ3) is 2.81. The monoisotopic (exact) mass is 273 g/mol. The molecule has 20 heavy (non-hydrogen) atoms. The smallest absolute Gasteiger partial charge is 0.126 e. The lowest BCUT2D eigenvalue weighted by Crippen LogP contribution is -2.19. The minimum atomic E-state index is 0.583. The van der Waals surface area contributed by atoms with Gasteiger partial charge in [-0.2, -0.15) is 0 Å². The Morgan fingerprint density at radius 1 is 1.25 bits per heavy atom. The minimum absolute atomic E-state index is 0.583. The quantitative estimate of drug-likeness (QED) is 0.822. The van der Waals surface area contributed by atoms with E-state index in [1.54, 1.807) is 7.11 Å². The average Bonchev–Trinajstić information content (AvgIpc) is 3.11. The molecule has 3 rings (SSSR count). The Morgan fingerprint density at radius 2 is 2.10 bits per heavy atom. The highest BCUT2D eigenvalue weighted by Gasteiger charge is 2.17. The Hall–Kier alpha value is -1.52. The molecule has 1 aliphatic rings. The lowest BCUT2D eigenvalue weighted by Gasteiger charge is -2.18. The fourth-order valence-corrected chi connectivity index (χ4v) is 2.79. The molecule has 2 heterocycles. The Morgan fingerprint density at radius 3 is 2.90 bits per heavy atom. The maximum absolute atomic E-state index is 5.88. The van der Waals surface area contributed by atoms with Crippen LogP contribution in [0.2, 0.25) is 0 Å². The van der Waals surface area contributed by atoms with Gasteiger partial charge in [-0.3, -0.25) is 4.90 Å². The van der Waals surface area contributed by atoms with Crippen molar-refractivity contribution in [1.29, 1.82) is 0 Å². The van der Waals surface area contributed by atoms with Crippen LogP contribution in [0.5, 0.6) is 5.75 Å². The van der Waals surface area contributed by atoms with E-state index in [-0.39, 0.29) is 0 Å². The van der Waals surface area contributed by atoms with Gasteiger partial charge in [-0.15, -0.1) is 0 Å². The van der Waals surface area contributed by atoms with E-state index < -0.39 is 0 Å². The summed E-state index contributed by atoms with van der Waals surface area (Å²) in [4.78, 5) is 5.78. The van der Waals surface area contributed by atoms with E-state index in [1.807, 2.05) is 12.3 Å². The second-order valence-electron chi connectivity index (χ2n) is 5.22. The SMILES string of the molecule is COCCOc1ccc2[c]c[nH]c2c1CN1CCCC1. The van der Waals surface area contributed by atoms with Crippen molar-refractivity contribution in [3.63, 3.8) is 0 Å². The van der Waals surface area contributed by atoms with Gasteiger partial charge in [0.25, 0.3) is 0 Å². The Bertz CT molecular complexity index is 559. The highest BCUT2D eigenvalue weighted by atomic mass is 16.5. The lowest BCUT2D eigenvalue weighted by atomic mass is 10.1. The third-order valence-electron chi connectivity index (χ3n) is 3.84. The van der Waals surface area contributed by atoms with Gasteiger partial charge in [-0.1, -0.05) is 0 Å². The van der Waals surface area contributed by atoms with Gasteiger partial charge < -0.3 is 14.5 Å². The summed E-state index contributed by atoms with van der Waals surface area (Å²) in [7, 11) is 1.69. The normalized spacial score (nSPS) is 16.1. The fourth-order valence-electron chi connectivity index (χ4n) is 2.79. The molecule has 2 aromatic rings. The number of benzene rings is 1. The number of likely N-dealkylation sites (tertiary alicyclic amines) is 1. The second kappa shape index (κ2) is 6.29. The standard InChI is InChI=1S/C16H21N2O2/c1-19-10-11-20-15-5-4-13-6-7-17-16(13)14(15)12-18-8-2-3-9-18/h4-5,7,17H,2-3,8-12H2,1H3. The summed E-state index contributed by atoms with van der Waals surface area (Å²) in [5.41, 5.74) is 2.38. The van der Waals surface area contributed by atoms with Crippen LogP contribution >= 0.6 is 0 Å². The van der Waals surface area contributed by atoms with Crippen molar-refractivity contribution in [3.05, 3.63) is 30.0 Å². The molecule has 1 radical (unpaired) electrons. The van der Waals surface area contributed by atoms with Gasteiger partial charge in [-0.25, -0.2) is 0 Å². The molecular formula is C16H21N2O2. The van der Waals surface area contributed by atoms with E-state index >= 15 is 0 Å². The minimum Gasteiger partial charge on any atom is -0.491 e. The molecule has 1 fully saturated rings. The zero-order valence-corrected chi connectivity index (χ0v) is 11.9. The molecule has 0 saturated carbocycles. The molecule has 0 unspecified atom stereocenters. The van der Waals surface area contributed by atoms with Crippen LogP contribution in [0, 0.1) is 6.07 Å². The van der Waals surface area contributed by atoms with Crippen molar-refractivity contribution in [3.8, 4) is 5.75 Å². The highest BCUT2D eigenvalue weighted by molar-refractivity contribution is 5.84. The van der Waals surface area contributed by atoms with Crippen molar-refractivity contribution in [1.82, 2.24) is 9.88 Å². The number of aromatic amines is 1. The van der Waals surface area contributed by atoms with E-state index in [1.165, 1.54) is 31.5 Å². The van der Waals surface area contributed by atoms with Crippen LogP contribution in [0.4, 0.5) is 0 Å². The molecule has 1 aliphatic heterocycles. The van der Waals surface area contributed by atoms with Crippen LogP contribution in [-0.4, -0.2) is 43.3 Å². The molecule has 4 heteroatoms. The Balaban J connectivity index is 1.86. The number of rotatable bonds is 6. The summed E-state index contributed by atoms with van der Waals surface area (Å²) >= 11 is 0. The number of aromatic nitrogens is 1. The van der Waals surface area contributed by atoms with Crippen LogP contribution in [0.15, 0.2) is 18.3 Å². The molecule has 4 nitrogen and oxygen atoms in total. The van der Waals surface area contributed by atoms with Crippen LogP contribution in [0.1, 0.15) is 18.4 Å². The summed E-state index contributed by atoms with van der Waals surface area (Å²) in [6.45, 7) is 4.49. The molecular weight excluding hydrogens is 252 g/mol. The predicted octanol–water partition coefficient (Wildman–Crippen LogP) is 2.59. The van der Waals surface area contributed by atoms with Crippen molar-refractivity contribution < 1.29 is 9.47 Å². The summed E-state index contributed by atoms with van der Waals surface area (Å²) in [5.74, 6) is 0.956. The number of H-pyrrole nitrogens is 1. The van der Waals surface area contributed by atoms with Gasteiger partial charge in [0, 0.05) is 36.9 Å². The Kier molecular flexibility index (Phi) is 4.23. The van der Waals surface area contributed by atoms with Crippen molar-refractivity contribution in [2.75, 3.05) is 33.4 Å². The van der Waals surface area contributed by atoms with Crippen molar-refractivity contribution >= 4 is 10.9 Å². The first-order valence-electron chi connectivity index (χ1n) is 7.23. The Labute approximate surface area is 119 Å². The molecule has 0 aliphatic carbocycles. The molecule has 1 aromatic heterocycles. The molecule has 0 atom stereocenters. The third-order valence-corrected chi connectivity index (χ3v) is 3.84. The molecule has 1 N–H and O–H groups in total. The van der Waals surface area contributed by atoms with Gasteiger partial charge in [0.1, 0.15) is 12.4 Å². The molecule has 1 saturated heterocycles. The van der Waals surface area contributed by atoms with E-state index in [0.717, 1.165) is 23.2 Å². The number of hydrogen-bond acceptors (Lipinski definition) is 3. The van der Waals surface area contributed by atoms with Gasteiger partial charge >= 0.3 is 0 Å². The first-order valence-corrected chi connectivity index (χ1v) is 7.23. The topological polar surface area (TPSA) is 37.5 Å². The number of hydrogen-bond donors (Lipinski definition) is 1. The predicted molar refractivity (Wildman–Crippen MR) is 79.0 cm³/mol. The molecule has 0 spiro atoms. The summed E-state index contributed by atoms with van der Waals surface area (Å²) in [5, 5.41) is 1.12. The van der Waals surface area contributed by atoms with E-state index in [2.05, 4.69) is 22.0 Å². The molecule has 0 bridgehead atoms. The first-order chi connectivity index (χ1) is 9.88. The maximum atomic E-state index is 5.88. The van der Waals surface area contributed by atoms with E-state index in [0.29, 0.717) is 13.2 Å². The fraction of sp³-hybridized carbons (Fsp3) is 0.500. The number of methoxy groups -OCH3 is 1. The summed E-state index contributed by atoms with van der Waals surface area (Å²) in [6.07, 6.45) is 4.47. The highest BCUT2D eigenvalue weighted by Crippen LogP contribution is 2.29. The van der Waals surface area contributed by atoms with Gasteiger partial charge in [0.2, 0.25) is 0 Å². The van der Waals surface area contributed by atoms with Crippen LogP contribution < -0.4 is 4.74 Å². The number of ether oxygens (including phenoxy) is 2. The largest absolute Gasteiger partial charge is 0.491 e. The van der Waals surface area contributed by atoms with Gasteiger partial charge in [-0.05, 0) is 38.1 Å². The van der Waals surface area contributed by atoms with Crippen LogP contribution in [-0.2, 0) is 11.3 Å². The molecule has 107 valence electrons. The van der Waals surface area contributed by atoms with Crippen molar-refractivity contribution in [2.45, 2.75) is 19.4 Å².